The smallest absolute Gasteiger partial charge is 0.311 e. The van der Waals surface area contributed by atoms with E-state index in [4.69, 9.17) is 18.9 Å². The topological polar surface area (TPSA) is 138 Å². The normalized spacial score (nSPS) is 50.9. The SMILES string of the molecule is CC[C@H]1OC(=O)[C@H](C)[C@@H](O[C@H]2C[C@@](C)(OC)[C@@H](O)[C@H](C)O2)[C@H](C)[C@@H](C)[C@](C)(O)C[C@@H](C)CN(C)[C@H](C)C(C)(O)[C@]1(C)O. The van der Waals surface area contributed by atoms with Crippen LogP contribution in [0.25, 0.3) is 0 Å². The van der Waals surface area contributed by atoms with E-state index in [9.17, 15) is 25.2 Å². The fourth-order valence-corrected chi connectivity index (χ4v) is 7.08. The molecule has 2 rings (SSSR count). The minimum atomic E-state index is -1.77. The first-order chi connectivity index (χ1) is 19.1. The molecule has 4 N–H and O–H groups in total. The van der Waals surface area contributed by atoms with E-state index in [1.807, 2.05) is 46.6 Å². The van der Waals surface area contributed by atoms with Gasteiger partial charge in [-0.25, -0.2) is 0 Å². The lowest BCUT2D eigenvalue weighted by Crippen LogP contribution is -2.66. The standard InChI is InChI=1S/C32H61NO9/c1-14-24-32(11,38)31(10,37)23(7)33(12)17-18(2)15-29(8,36)21(5)19(3)26(20(4)28(35)41-24)42-25-16-30(9,39-13)27(34)22(6)40-25/h18-27,34,36-38H,14-17H2,1-13H3/t18-,19-,20-,21-,22+,23-,24-,25+,26+,27+,29-,30-,31?,32-/m1/s1. The van der Waals surface area contributed by atoms with Crippen LogP contribution in [0.3, 0.4) is 0 Å². The molecule has 0 bridgehead atoms. The Bertz CT molecular complexity index is 895. The molecule has 0 aliphatic carbocycles. The van der Waals surface area contributed by atoms with Gasteiger partial charge >= 0.3 is 5.97 Å². The summed E-state index contributed by atoms with van der Waals surface area (Å²) in [5.74, 6) is -1.95. The molecule has 0 aromatic carbocycles. The van der Waals surface area contributed by atoms with Crippen molar-refractivity contribution in [2.24, 2.45) is 23.7 Å². The summed E-state index contributed by atoms with van der Waals surface area (Å²) in [6.45, 7) is 20.4. The second-order valence-electron chi connectivity index (χ2n) is 14.4. The zero-order chi connectivity index (χ0) is 32.6. The summed E-state index contributed by atoms with van der Waals surface area (Å²) in [5.41, 5.74) is -5.43. The van der Waals surface area contributed by atoms with Crippen molar-refractivity contribution >= 4 is 5.97 Å². The average Bonchev–Trinajstić information content (AvgIpc) is 2.90. The first-order valence-electron chi connectivity index (χ1n) is 15.7. The van der Waals surface area contributed by atoms with E-state index in [0.29, 0.717) is 13.0 Å². The fourth-order valence-electron chi connectivity index (χ4n) is 7.08. The molecule has 2 fully saturated rings. The van der Waals surface area contributed by atoms with Gasteiger partial charge in [0, 0.05) is 26.1 Å². The molecule has 14 atom stereocenters. The van der Waals surface area contributed by atoms with E-state index in [1.165, 1.54) is 14.0 Å². The predicted octanol–water partition coefficient (Wildman–Crippen LogP) is 3.12. The number of methoxy groups -OCH3 is 1. The van der Waals surface area contributed by atoms with Gasteiger partial charge in [0.05, 0.1) is 29.3 Å². The van der Waals surface area contributed by atoms with Gasteiger partial charge in [0.1, 0.15) is 23.4 Å². The molecule has 2 heterocycles. The van der Waals surface area contributed by atoms with Gasteiger partial charge in [-0.3, -0.25) is 4.79 Å². The largest absolute Gasteiger partial charge is 0.459 e. The van der Waals surface area contributed by atoms with Gasteiger partial charge in [0.2, 0.25) is 0 Å². The molecule has 0 spiro atoms. The van der Waals surface area contributed by atoms with Crippen molar-refractivity contribution in [3.8, 4) is 0 Å². The minimum Gasteiger partial charge on any atom is -0.459 e. The Balaban J connectivity index is 2.58. The van der Waals surface area contributed by atoms with E-state index in [0.717, 1.165) is 0 Å². The Kier molecular flexibility index (Phi) is 12.1. The van der Waals surface area contributed by atoms with Crippen molar-refractivity contribution < 1.29 is 44.2 Å². The highest BCUT2D eigenvalue weighted by atomic mass is 16.7. The number of hydrogen-bond acceptors (Lipinski definition) is 10. The van der Waals surface area contributed by atoms with Crippen molar-refractivity contribution in [3.05, 3.63) is 0 Å². The molecule has 0 amide bonds. The van der Waals surface area contributed by atoms with E-state index >= 15 is 0 Å². The third kappa shape index (κ3) is 7.50. The summed E-state index contributed by atoms with van der Waals surface area (Å²) in [6, 6.07) is -0.487. The second kappa shape index (κ2) is 13.6. The third-order valence-corrected chi connectivity index (χ3v) is 11.1. The van der Waals surface area contributed by atoms with Gasteiger partial charge in [-0.15, -0.1) is 0 Å². The number of carbonyl (C=O) groups excluding carboxylic acids is 1. The summed E-state index contributed by atoms with van der Waals surface area (Å²) >= 11 is 0. The molecular weight excluding hydrogens is 542 g/mol. The van der Waals surface area contributed by atoms with Crippen LogP contribution in [0.15, 0.2) is 0 Å². The van der Waals surface area contributed by atoms with Gasteiger partial charge in [0.25, 0.3) is 0 Å². The molecule has 248 valence electrons. The molecule has 0 saturated carbocycles. The van der Waals surface area contributed by atoms with Crippen LogP contribution in [-0.4, -0.2) is 111 Å². The quantitative estimate of drug-likeness (QED) is 0.355. The lowest BCUT2D eigenvalue weighted by atomic mass is 9.72. The number of hydrogen-bond donors (Lipinski definition) is 4. The summed E-state index contributed by atoms with van der Waals surface area (Å²) in [5, 5.41) is 45.9. The number of aliphatic hydroxyl groups excluding tert-OH is 1. The Morgan fingerprint density at radius 2 is 1.55 bits per heavy atom. The van der Waals surface area contributed by atoms with Crippen LogP contribution in [0, 0.1) is 23.7 Å². The summed E-state index contributed by atoms with van der Waals surface area (Å²) < 4.78 is 24.3. The van der Waals surface area contributed by atoms with Gasteiger partial charge in [-0.2, -0.15) is 0 Å². The van der Waals surface area contributed by atoms with Crippen LogP contribution in [0.5, 0.6) is 0 Å². The Morgan fingerprint density at radius 3 is 2.07 bits per heavy atom. The third-order valence-electron chi connectivity index (χ3n) is 11.1. The van der Waals surface area contributed by atoms with Gasteiger partial charge in [-0.05, 0) is 86.1 Å². The van der Waals surface area contributed by atoms with Crippen molar-refractivity contribution in [3.63, 3.8) is 0 Å². The molecule has 10 nitrogen and oxygen atoms in total. The lowest BCUT2D eigenvalue weighted by molar-refractivity contribution is -0.298. The molecule has 0 aromatic heterocycles. The highest BCUT2D eigenvalue weighted by Gasteiger charge is 2.54. The maximum absolute atomic E-state index is 13.8. The number of cyclic esters (lactones) is 1. The van der Waals surface area contributed by atoms with Gasteiger partial charge in [-0.1, -0.05) is 27.7 Å². The monoisotopic (exact) mass is 603 g/mol. The molecule has 0 aromatic rings. The Hall–Kier alpha value is -0.850. The van der Waals surface area contributed by atoms with Crippen LogP contribution in [0.1, 0.15) is 95.4 Å². The lowest BCUT2D eigenvalue weighted by Gasteiger charge is -2.49. The molecule has 1 unspecified atom stereocenters. The maximum Gasteiger partial charge on any atom is 0.311 e. The predicted molar refractivity (Wildman–Crippen MR) is 161 cm³/mol. The van der Waals surface area contributed by atoms with E-state index in [-0.39, 0.29) is 30.6 Å². The van der Waals surface area contributed by atoms with E-state index < -0.39 is 71.0 Å². The fraction of sp³-hybridized carbons (Fsp3) is 0.969. The Labute approximate surface area is 254 Å². The summed E-state index contributed by atoms with van der Waals surface area (Å²) in [6.07, 6.45) is -2.95. The average molecular weight is 604 g/mol. The number of esters is 1. The highest BCUT2D eigenvalue weighted by molar-refractivity contribution is 5.73. The first kappa shape index (κ1) is 37.3. The van der Waals surface area contributed by atoms with Crippen molar-refractivity contribution in [2.45, 2.75) is 155 Å². The number of likely N-dealkylation sites (N-methyl/N-ethyl adjacent to an activating group) is 1. The zero-order valence-corrected chi connectivity index (χ0v) is 28.4. The molecule has 0 radical (unpaired) electrons. The molecular formula is C32H61NO9. The van der Waals surface area contributed by atoms with Crippen LogP contribution < -0.4 is 0 Å². The Morgan fingerprint density at radius 1 is 0.976 bits per heavy atom. The van der Waals surface area contributed by atoms with E-state index in [1.54, 1.807) is 27.7 Å². The number of aliphatic hydroxyl groups is 4. The van der Waals surface area contributed by atoms with Crippen molar-refractivity contribution in [1.29, 1.82) is 0 Å². The van der Waals surface area contributed by atoms with Crippen LogP contribution >= 0.6 is 0 Å². The molecule has 2 saturated heterocycles. The van der Waals surface area contributed by atoms with Gasteiger partial charge < -0.3 is 44.3 Å². The van der Waals surface area contributed by atoms with Crippen LogP contribution in [0.4, 0.5) is 0 Å². The van der Waals surface area contributed by atoms with Crippen molar-refractivity contribution in [2.75, 3.05) is 20.7 Å². The first-order valence-corrected chi connectivity index (χ1v) is 15.7. The molecule has 2 aliphatic rings. The summed E-state index contributed by atoms with van der Waals surface area (Å²) in [4.78, 5) is 15.8. The number of carbonyl (C=O) groups is 1. The number of nitrogens with zero attached hydrogens (tertiary/aromatic N) is 1. The van der Waals surface area contributed by atoms with Gasteiger partial charge in [0.15, 0.2) is 6.29 Å². The number of rotatable bonds is 4. The molecule has 42 heavy (non-hydrogen) atoms. The second-order valence-corrected chi connectivity index (χ2v) is 14.4. The van der Waals surface area contributed by atoms with Crippen LogP contribution in [0.2, 0.25) is 0 Å². The van der Waals surface area contributed by atoms with Crippen LogP contribution in [-0.2, 0) is 23.7 Å². The zero-order valence-electron chi connectivity index (χ0n) is 28.4. The van der Waals surface area contributed by atoms with Crippen molar-refractivity contribution in [1.82, 2.24) is 4.90 Å². The number of ether oxygens (including phenoxy) is 4. The molecule has 2 aliphatic heterocycles. The highest BCUT2D eigenvalue weighted by Crippen LogP contribution is 2.40. The molecule has 10 heteroatoms. The summed E-state index contributed by atoms with van der Waals surface area (Å²) in [7, 11) is 3.43. The minimum absolute atomic E-state index is 0.0519. The van der Waals surface area contributed by atoms with E-state index in [2.05, 4.69) is 6.92 Å². The maximum atomic E-state index is 13.8.